The number of fused-ring (bicyclic) bond motifs is 4. The lowest BCUT2D eigenvalue weighted by atomic mass is 10.2. The number of phenols is 2. The topological polar surface area (TPSA) is 629 Å². The Balaban J connectivity index is 0.000000137. The summed E-state index contributed by atoms with van der Waals surface area (Å²) in [4.78, 5) is 67.4. The van der Waals surface area contributed by atoms with Gasteiger partial charge in [0.25, 0.3) is 0 Å². The summed E-state index contributed by atoms with van der Waals surface area (Å²) in [6, 6.07) is 89.1. The molecule has 748 valence electrons. The largest absolute Gasteiger partial charge is 0.506 e. The van der Waals surface area contributed by atoms with Crippen LogP contribution in [0, 0.1) is 27.7 Å². The fourth-order valence-electron chi connectivity index (χ4n) is 14.1. The van der Waals surface area contributed by atoms with Gasteiger partial charge in [-0.3, -0.25) is 0 Å². The number of phenolic OH excluding ortho intramolecular Hbond substituents is 2. The number of imidazole rings is 2. The van der Waals surface area contributed by atoms with Gasteiger partial charge in [0.1, 0.15) is 80.2 Å². The van der Waals surface area contributed by atoms with E-state index in [1.54, 1.807) is 55.5 Å². The fourth-order valence-corrected chi connectivity index (χ4v) is 19.4. The summed E-state index contributed by atoms with van der Waals surface area (Å²) >= 11 is 0. The van der Waals surface area contributed by atoms with Crippen LogP contribution < -0.4 is 53.3 Å². The molecule has 0 saturated heterocycles. The van der Waals surface area contributed by atoms with Crippen LogP contribution in [-0.4, -0.2) is 118 Å². The lowest BCUT2D eigenvalue weighted by molar-refractivity contribution is 0.0686. The molecule has 4 aromatic heterocycles. The molecule has 20 aromatic rings. The number of aromatic amines is 2. The Labute approximate surface area is 843 Å². The molecule has 16 aromatic carbocycles. The minimum absolute atomic E-state index is 0.0344. The maximum Gasteiger partial charge on any atom is 0.335 e. The molecule has 0 aliphatic carbocycles. The van der Waals surface area contributed by atoms with E-state index < -0.39 is 63.2 Å². The molecule has 0 aliphatic heterocycles. The summed E-state index contributed by atoms with van der Waals surface area (Å²) in [5.74, 6) is 2.71. The number of carboxylic acids is 4. The third-order valence-corrected chi connectivity index (χ3v) is 29.1. The number of anilines is 6. The maximum absolute atomic E-state index is 13.3. The smallest absolute Gasteiger partial charge is 0.335 e. The number of sulfone groups is 4. The van der Waals surface area contributed by atoms with Crippen molar-refractivity contribution in [3.05, 3.63) is 385 Å². The second-order valence-electron chi connectivity index (χ2n) is 32.7. The SMILES string of the molecule is Cc1ccc(Oc2ccc(-c3nc4cc(S(=O)(=O)c5ccc6oc(C)nc6c5)ccc4o3)cc2)cc1.Cc1ccc(Oc2ccc(-c3nc4ccc(S(=O)(=O)c5ccc6nc(C)[nH]c6c5)cc4[nH]3)cc2)cc1.Nc1cc(S(=O)(=O)c2ccc(O)c(N)c2)ccc1O.Nc1ccc(S(=O)(=O)c2ccc(N)c(N)c2)cc1N.O=C(O)c1ccc(Oc2ccc(C(=O)O)cc2)cc1.O=C(O)c1ccc(Oc2ccc(C(=O)O)cc2)cc1. The van der Waals surface area contributed by atoms with Gasteiger partial charge in [-0.1, -0.05) is 35.4 Å². The quantitative estimate of drug-likeness (QED) is 0.0221. The van der Waals surface area contributed by atoms with E-state index in [4.69, 9.17) is 82.6 Å². The van der Waals surface area contributed by atoms with Gasteiger partial charge >= 0.3 is 23.9 Å². The number of ether oxygens (including phenoxy) is 4. The number of aromatic nitrogens is 6. The van der Waals surface area contributed by atoms with E-state index in [2.05, 4.69) is 29.9 Å². The van der Waals surface area contributed by atoms with E-state index in [1.165, 1.54) is 188 Å². The van der Waals surface area contributed by atoms with Gasteiger partial charge in [0.05, 0.1) is 118 Å². The van der Waals surface area contributed by atoms with Gasteiger partial charge in [-0.05, 0) is 336 Å². The maximum atomic E-state index is 13.3. The van der Waals surface area contributed by atoms with Crippen molar-refractivity contribution < 1.29 is 111 Å². The number of benzene rings is 16. The number of aromatic carboxylic acids is 4. The van der Waals surface area contributed by atoms with Crippen LogP contribution in [0.25, 0.3) is 67.1 Å². The zero-order chi connectivity index (χ0) is 106. The van der Waals surface area contributed by atoms with E-state index in [0.717, 1.165) is 57.4 Å². The first-order valence-corrected chi connectivity index (χ1v) is 50.0. The van der Waals surface area contributed by atoms with Crippen LogP contribution in [0.15, 0.2) is 388 Å². The number of rotatable bonds is 22. The van der Waals surface area contributed by atoms with Crippen LogP contribution in [0.4, 0.5) is 34.1 Å². The van der Waals surface area contributed by atoms with Gasteiger partial charge < -0.3 is 103 Å². The van der Waals surface area contributed by atoms with E-state index >= 15 is 0 Å². The summed E-state index contributed by atoms with van der Waals surface area (Å²) in [7, 11) is -15.0. The van der Waals surface area contributed by atoms with Crippen molar-refractivity contribution in [2.45, 2.75) is 66.9 Å². The number of nitrogens with two attached hydrogens (primary N) is 6. The molecule has 0 bridgehead atoms. The average molecular weight is 2070 g/mol. The molecule has 20 rings (SSSR count). The first kappa shape index (κ1) is 103. The van der Waals surface area contributed by atoms with E-state index in [1.807, 2.05) is 118 Å². The highest BCUT2D eigenvalue weighted by molar-refractivity contribution is 7.92. The predicted molar refractivity (Wildman–Crippen MR) is 554 cm³/mol. The standard InChI is InChI=1S/C28H22N4O3S.C28H20N2O5S.2C14H10O5.C12H14N4O2S.C12H12N2O4S/c1-17-3-7-20(8-4-17)35-21-9-5-19(6-10-21)28-31-25-14-12-23(16-27(25)32-28)36(33,34)22-11-13-24-26(15-22)30-18(2)29-24;1-17-3-7-20(8-4-17)34-21-9-5-19(6-10-21)28-30-25-16-23(12-14-27(25)35-28)36(31,32)22-11-13-26-24(15-22)29-18(2)33-26;2*15-13(16)9-1-5-11(6-2-9)19-12-7-3-10(4-8-12)14(17)18;13-9-3-1-7(5-11(9)15)19(17,18)8-2-4-10(14)12(16)6-8;13-9-5-7(1-3-11(9)15)19(17,18)8-2-4-12(16)10(14)6-8/h3-16H,1-2H3,(H,29,30)(H,31,32);3-16H,1-2H3;2*1-8H,(H,15,16)(H,17,18);1-6H,13-16H2;1-6,15-16H,13-14H2. The Hall–Kier alpha value is -19.3. The third-order valence-electron chi connectivity index (χ3n) is 22.1. The van der Waals surface area contributed by atoms with Crippen LogP contribution in [0.5, 0.6) is 57.5 Å². The Morgan fingerprint density at radius 3 is 0.892 bits per heavy atom. The first-order valence-electron chi connectivity index (χ1n) is 44.1. The molecule has 0 radical (unpaired) electrons. The number of carbonyl (C=O) groups is 4. The molecule has 0 unspecified atom stereocenters. The van der Waals surface area contributed by atoms with E-state index in [9.17, 15) is 63.1 Å². The zero-order valence-corrected chi connectivity index (χ0v) is 81.5. The highest BCUT2D eigenvalue weighted by Gasteiger charge is 2.27. The van der Waals surface area contributed by atoms with Gasteiger partial charge in [0.15, 0.2) is 17.1 Å². The number of aryl methyl sites for hydroxylation is 4. The molecule has 0 amide bonds. The molecule has 148 heavy (non-hydrogen) atoms. The summed E-state index contributed by atoms with van der Waals surface area (Å²) in [5, 5.41) is 53.6. The van der Waals surface area contributed by atoms with Gasteiger partial charge in [-0.15, -0.1) is 0 Å². The van der Waals surface area contributed by atoms with Crippen molar-refractivity contribution in [1.29, 1.82) is 0 Å². The highest BCUT2D eigenvalue weighted by Crippen LogP contribution is 2.38. The second kappa shape index (κ2) is 43.6. The number of oxazole rings is 2. The molecule has 0 atom stereocenters. The third kappa shape index (κ3) is 24.7. The number of nitrogens with one attached hydrogen (secondary N) is 2. The number of nitrogen functional groups attached to an aromatic ring is 6. The summed E-state index contributed by atoms with van der Waals surface area (Å²) < 4.78 is 137. The minimum atomic E-state index is -3.80. The van der Waals surface area contributed by atoms with Crippen LogP contribution >= 0.6 is 0 Å². The van der Waals surface area contributed by atoms with Crippen molar-refractivity contribution in [3.63, 3.8) is 0 Å². The van der Waals surface area contributed by atoms with E-state index in [0.29, 0.717) is 96.5 Å². The molecule has 20 N–H and O–H groups in total. The normalized spacial score (nSPS) is 11.2. The van der Waals surface area contributed by atoms with Crippen molar-refractivity contribution in [1.82, 2.24) is 29.9 Å². The van der Waals surface area contributed by atoms with Crippen molar-refractivity contribution >= 4 is 142 Å². The number of aromatic hydroxyl groups is 2. The monoisotopic (exact) mass is 2060 g/mol. The molecule has 40 heteroatoms. The Morgan fingerprint density at radius 1 is 0.270 bits per heavy atom. The predicted octanol–water partition coefficient (Wildman–Crippen LogP) is 20.9. The lowest BCUT2D eigenvalue weighted by Gasteiger charge is -2.08. The van der Waals surface area contributed by atoms with Crippen LogP contribution in [0.2, 0.25) is 0 Å². The van der Waals surface area contributed by atoms with Crippen LogP contribution in [0.3, 0.4) is 0 Å². The lowest BCUT2D eigenvalue weighted by Crippen LogP contribution is -2.05. The molecular weight excluding hydrogens is 1980 g/mol. The number of carboxylic acid groups (broad SMARTS) is 4. The molecule has 0 saturated carbocycles. The molecule has 0 spiro atoms. The van der Waals surface area contributed by atoms with Crippen LogP contribution in [0.1, 0.15) is 64.3 Å². The van der Waals surface area contributed by atoms with Crippen molar-refractivity contribution in [2.24, 2.45) is 0 Å². The highest BCUT2D eigenvalue weighted by atomic mass is 32.2. The Bertz CT molecular complexity index is 8170. The van der Waals surface area contributed by atoms with Gasteiger partial charge in [0, 0.05) is 18.1 Å². The fraction of sp³-hybridized carbons (Fsp3) is 0.0370. The Morgan fingerprint density at radius 2 is 0.547 bits per heavy atom. The number of hydrogen-bond acceptors (Lipinski definition) is 30. The second-order valence-corrected chi connectivity index (χ2v) is 40.5. The number of nitrogens with zero attached hydrogens (tertiary/aromatic N) is 4. The summed E-state index contributed by atoms with van der Waals surface area (Å²) in [6.07, 6.45) is 0. The van der Waals surface area contributed by atoms with Gasteiger partial charge in [0.2, 0.25) is 45.2 Å². The number of hydrogen-bond donors (Lipinski definition) is 14. The Kier molecular flexibility index (Phi) is 30.4. The molecule has 0 aliphatic rings. The van der Waals surface area contributed by atoms with Gasteiger partial charge in [-0.2, -0.15) is 0 Å². The van der Waals surface area contributed by atoms with Crippen molar-refractivity contribution in [3.8, 4) is 80.3 Å². The zero-order valence-electron chi connectivity index (χ0n) is 78.2. The molecular formula is C108H88N12O24S4. The first-order chi connectivity index (χ1) is 70.4. The molecule has 36 nitrogen and oxygen atoms in total. The average Bonchev–Trinajstić information content (AvgIpc) is 1.58. The van der Waals surface area contributed by atoms with Crippen molar-refractivity contribution in [2.75, 3.05) is 34.4 Å². The summed E-state index contributed by atoms with van der Waals surface area (Å²) in [6.45, 7) is 7.61. The van der Waals surface area contributed by atoms with Crippen LogP contribution in [-0.2, 0) is 39.3 Å². The van der Waals surface area contributed by atoms with Gasteiger partial charge in [-0.25, -0.2) is 72.8 Å². The minimum Gasteiger partial charge on any atom is -0.506 e. The summed E-state index contributed by atoms with van der Waals surface area (Å²) in [5.41, 5.74) is 43.7. The molecule has 4 heterocycles. The molecule has 0 fully saturated rings. The number of H-pyrrole nitrogens is 2. The van der Waals surface area contributed by atoms with E-state index in [-0.39, 0.29) is 95.7 Å².